The van der Waals surface area contributed by atoms with E-state index in [4.69, 9.17) is 11.6 Å². The summed E-state index contributed by atoms with van der Waals surface area (Å²) in [5.74, 6) is 5.99. The number of hydrogen-bond acceptors (Lipinski definition) is 4. The fraction of sp³-hybridized carbons (Fsp3) is 0.350. The van der Waals surface area contributed by atoms with E-state index < -0.39 is 6.10 Å². The first-order valence-electron chi connectivity index (χ1n) is 8.82. The first kappa shape index (κ1) is 19.0. The fourth-order valence-electron chi connectivity index (χ4n) is 2.64. The summed E-state index contributed by atoms with van der Waals surface area (Å²) in [6, 6.07) is 19.8. The molecule has 5 nitrogen and oxygen atoms in total. The van der Waals surface area contributed by atoms with E-state index in [0.717, 1.165) is 37.8 Å². The van der Waals surface area contributed by atoms with Crippen LogP contribution in [0.5, 0.6) is 0 Å². The number of nitrogens with two attached hydrogens (primary N) is 2. The zero-order valence-corrected chi connectivity index (χ0v) is 14.6. The Bertz CT molecular complexity index is 631. The zero-order chi connectivity index (χ0) is 17.9. The summed E-state index contributed by atoms with van der Waals surface area (Å²) in [4.78, 5) is 0. The number of aliphatic hydroxyl groups is 1. The van der Waals surface area contributed by atoms with Gasteiger partial charge in [0.2, 0.25) is 0 Å². The number of unbranched alkanes of at least 4 members (excludes halogenated alkanes) is 3. The lowest BCUT2D eigenvalue weighted by molar-refractivity contribution is 0.224. The highest BCUT2D eigenvalue weighted by molar-refractivity contribution is 5.85. The van der Waals surface area contributed by atoms with Crippen molar-refractivity contribution in [2.24, 2.45) is 16.7 Å². The summed E-state index contributed by atoms with van der Waals surface area (Å²) in [5, 5.41) is 15.4. The van der Waals surface area contributed by atoms with Gasteiger partial charge in [-0.3, -0.25) is 0 Å². The summed E-state index contributed by atoms with van der Waals surface area (Å²) in [6.45, 7) is 0. The van der Waals surface area contributed by atoms with Crippen LogP contribution in [0, 0.1) is 0 Å². The van der Waals surface area contributed by atoms with Crippen LogP contribution in [0.15, 0.2) is 65.8 Å². The molecule has 0 saturated carbocycles. The molecule has 0 aliphatic heterocycles. The predicted octanol–water partition coefficient (Wildman–Crippen LogP) is 3.19. The van der Waals surface area contributed by atoms with E-state index in [2.05, 4.69) is 29.4 Å². The van der Waals surface area contributed by atoms with Gasteiger partial charge in [0.1, 0.15) is 6.10 Å². The van der Waals surface area contributed by atoms with Gasteiger partial charge in [-0.05, 0) is 37.0 Å². The molecule has 0 radical (unpaired) electrons. The van der Waals surface area contributed by atoms with Crippen LogP contribution < -0.4 is 16.7 Å². The van der Waals surface area contributed by atoms with Crippen molar-refractivity contribution >= 4 is 11.5 Å². The number of hydrazone groups is 1. The van der Waals surface area contributed by atoms with Crippen LogP contribution in [0.1, 0.15) is 37.7 Å². The molecule has 0 heterocycles. The number of anilines is 1. The van der Waals surface area contributed by atoms with Crippen LogP contribution in [0.3, 0.4) is 0 Å². The van der Waals surface area contributed by atoms with Gasteiger partial charge in [-0.1, -0.05) is 67.8 Å². The van der Waals surface area contributed by atoms with Crippen molar-refractivity contribution in [3.63, 3.8) is 0 Å². The molecule has 0 amide bonds. The topological polar surface area (TPSA) is 87.9 Å². The lowest BCUT2D eigenvalue weighted by Gasteiger charge is -2.16. The normalized spacial score (nSPS) is 12.8. The van der Waals surface area contributed by atoms with E-state index in [1.807, 2.05) is 36.4 Å². The Morgan fingerprint density at radius 1 is 0.920 bits per heavy atom. The molecular weight excluding hydrogens is 312 g/mol. The minimum Gasteiger partial charge on any atom is -0.385 e. The number of hydrazine groups is 1. The van der Waals surface area contributed by atoms with Gasteiger partial charge in [0.25, 0.3) is 0 Å². The molecule has 0 spiro atoms. The Morgan fingerprint density at radius 2 is 1.52 bits per heavy atom. The maximum atomic E-state index is 10.1. The van der Waals surface area contributed by atoms with Crippen LogP contribution in [0.25, 0.3) is 0 Å². The van der Waals surface area contributed by atoms with Gasteiger partial charge in [-0.25, -0.2) is 5.84 Å². The van der Waals surface area contributed by atoms with Gasteiger partial charge in [0.15, 0.2) is 5.84 Å². The molecule has 2 aromatic carbocycles. The maximum absolute atomic E-state index is 10.1. The average molecular weight is 340 g/mol. The van der Waals surface area contributed by atoms with Crippen molar-refractivity contribution in [1.82, 2.24) is 0 Å². The molecule has 0 aliphatic rings. The smallest absolute Gasteiger partial charge is 0.150 e. The molecule has 134 valence electrons. The Morgan fingerprint density at radius 3 is 2.20 bits per heavy atom. The Hall–Kier alpha value is -2.37. The molecule has 1 atom stereocenters. The predicted molar refractivity (Wildman–Crippen MR) is 104 cm³/mol. The lowest BCUT2D eigenvalue weighted by atomic mass is 10.0. The molecule has 0 saturated heterocycles. The third kappa shape index (κ3) is 6.95. The minimum absolute atomic E-state index is 0.149. The number of rotatable bonds is 10. The van der Waals surface area contributed by atoms with Gasteiger partial charge in [0.05, 0.1) is 5.69 Å². The van der Waals surface area contributed by atoms with E-state index in [-0.39, 0.29) is 5.84 Å². The number of benzene rings is 2. The van der Waals surface area contributed by atoms with Gasteiger partial charge in [0, 0.05) is 0 Å². The number of aryl methyl sites for hydroxylation is 1. The second-order valence-electron chi connectivity index (χ2n) is 6.16. The summed E-state index contributed by atoms with van der Waals surface area (Å²) >= 11 is 0. The quantitative estimate of drug-likeness (QED) is 0.204. The van der Waals surface area contributed by atoms with Crippen LogP contribution in [0.2, 0.25) is 0 Å². The van der Waals surface area contributed by atoms with Crippen molar-refractivity contribution < 1.29 is 5.11 Å². The molecule has 0 aliphatic carbocycles. The zero-order valence-electron chi connectivity index (χ0n) is 14.6. The lowest BCUT2D eigenvalue weighted by Crippen LogP contribution is -2.35. The molecule has 5 N–H and O–H groups in total. The number of aliphatic hydroxyl groups excluding tert-OH is 1. The molecule has 25 heavy (non-hydrogen) atoms. The van der Waals surface area contributed by atoms with E-state index >= 15 is 0 Å². The number of nitrogens with zero attached hydrogens (tertiary/aromatic N) is 2. The first-order chi connectivity index (χ1) is 12.2. The third-order valence-corrected chi connectivity index (χ3v) is 4.12. The van der Waals surface area contributed by atoms with Gasteiger partial charge < -0.3 is 10.8 Å². The SMILES string of the molecule is N/C(=N\N(N)c1ccccc1)C(O)CCCCCCc1ccccc1. The molecule has 2 rings (SSSR count). The molecule has 5 heteroatoms. The highest BCUT2D eigenvalue weighted by Crippen LogP contribution is 2.12. The van der Waals surface area contributed by atoms with Crippen LogP contribution >= 0.6 is 0 Å². The van der Waals surface area contributed by atoms with Crippen molar-refractivity contribution in [1.29, 1.82) is 0 Å². The van der Waals surface area contributed by atoms with Gasteiger partial charge in [-0.2, -0.15) is 5.12 Å². The van der Waals surface area contributed by atoms with E-state index in [1.165, 1.54) is 10.7 Å². The average Bonchev–Trinajstić information content (AvgIpc) is 2.65. The van der Waals surface area contributed by atoms with Crippen LogP contribution in [0.4, 0.5) is 5.69 Å². The van der Waals surface area contributed by atoms with E-state index in [0.29, 0.717) is 6.42 Å². The van der Waals surface area contributed by atoms with Crippen LogP contribution in [-0.2, 0) is 6.42 Å². The first-order valence-corrected chi connectivity index (χ1v) is 8.82. The molecule has 2 aromatic rings. The summed E-state index contributed by atoms with van der Waals surface area (Å²) < 4.78 is 0. The van der Waals surface area contributed by atoms with E-state index in [1.54, 1.807) is 0 Å². The van der Waals surface area contributed by atoms with Crippen molar-refractivity contribution in [3.05, 3.63) is 66.2 Å². The number of para-hydroxylation sites is 1. The third-order valence-electron chi connectivity index (χ3n) is 4.12. The van der Waals surface area contributed by atoms with Crippen molar-refractivity contribution in [2.45, 2.75) is 44.6 Å². The molecule has 0 bridgehead atoms. The number of amidine groups is 1. The van der Waals surface area contributed by atoms with Crippen molar-refractivity contribution in [3.8, 4) is 0 Å². The minimum atomic E-state index is -0.760. The largest absolute Gasteiger partial charge is 0.385 e. The highest BCUT2D eigenvalue weighted by atomic mass is 16.3. The molecule has 0 fully saturated rings. The fourth-order valence-corrected chi connectivity index (χ4v) is 2.64. The Balaban J connectivity index is 1.64. The van der Waals surface area contributed by atoms with Crippen LogP contribution in [-0.4, -0.2) is 17.0 Å². The second-order valence-corrected chi connectivity index (χ2v) is 6.16. The van der Waals surface area contributed by atoms with Crippen molar-refractivity contribution in [2.75, 3.05) is 5.12 Å². The summed E-state index contributed by atoms with van der Waals surface area (Å²) in [6.07, 6.45) is 5.24. The van der Waals surface area contributed by atoms with Gasteiger partial charge >= 0.3 is 0 Å². The summed E-state index contributed by atoms with van der Waals surface area (Å²) in [5.41, 5.74) is 7.95. The second kappa shape index (κ2) is 10.5. The maximum Gasteiger partial charge on any atom is 0.150 e. The molecule has 1 unspecified atom stereocenters. The van der Waals surface area contributed by atoms with E-state index in [9.17, 15) is 5.11 Å². The van der Waals surface area contributed by atoms with Gasteiger partial charge in [-0.15, -0.1) is 5.10 Å². The Kier molecular flexibility index (Phi) is 7.95. The monoisotopic (exact) mass is 340 g/mol. The highest BCUT2D eigenvalue weighted by Gasteiger charge is 2.10. The Labute approximate surface area is 149 Å². The standard InChI is InChI=1S/C20H28N4O/c21-20(23-24(22)18-14-8-4-9-15-18)19(25)16-10-2-1-5-11-17-12-6-3-7-13-17/h3-4,6-9,12-15,19,25H,1-2,5,10-11,16,22H2,(H2,21,23). The number of hydrogen-bond donors (Lipinski definition) is 3. The summed E-state index contributed by atoms with van der Waals surface area (Å²) in [7, 11) is 0. The molecule has 0 aromatic heterocycles. The molecular formula is C20H28N4O.